The van der Waals surface area contributed by atoms with E-state index >= 15 is 0 Å². The van der Waals surface area contributed by atoms with Gasteiger partial charge in [-0.1, -0.05) is 54.6 Å². The molecule has 1 unspecified atom stereocenters. The summed E-state index contributed by atoms with van der Waals surface area (Å²) in [6.07, 6.45) is 0.497. The Bertz CT molecular complexity index is 1540. The van der Waals surface area contributed by atoms with E-state index in [1.807, 2.05) is 55.5 Å². The van der Waals surface area contributed by atoms with Crippen molar-refractivity contribution in [3.8, 4) is 16.9 Å². The Morgan fingerprint density at radius 2 is 1.61 bits per heavy atom. The normalized spacial score (nSPS) is 11.6. The molecule has 8 heteroatoms. The summed E-state index contributed by atoms with van der Waals surface area (Å²) < 4.78 is 40.0. The van der Waals surface area contributed by atoms with Gasteiger partial charge in [0.25, 0.3) is 0 Å². The Hall–Kier alpha value is -4.01. The van der Waals surface area contributed by atoms with E-state index in [1.54, 1.807) is 6.07 Å². The number of aryl methyl sites for hydroxylation is 3. The molecule has 4 aromatic rings. The highest BCUT2D eigenvalue weighted by atomic mass is 32.2. The number of hydrogen-bond donors (Lipinski definition) is 2. The van der Waals surface area contributed by atoms with E-state index < -0.39 is 17.7 Å². The summed E-state index contributed by atoms with van der Waals surface area (Å²) in [5, 5.41) is 3.41. The smallest absolute Gasteiger partial charge is 0.231 e. The van der Waals surface area contributed by atoms with Crippen LogP contribution in [0.3, 0.4) is 0 Å². The second kappa shape index (κ2) is 16.7. The van der Waals surface area contributed by atoms with Crippen molar-refractivity contribution >= 4 is 22.6 Å². The number of anilines is 1. The average molecular weight is 617 g/mol. The minimum Gasteiger partial charge on any atom is -0.491 e. The maximum Gasteiger partial charge on any atom is 0.231 e. The lowest BCUT2D eigenvalue weighted by Crippen LogP contribution is -2.26. The predicted octanol–water partition coefficient (Wildman–Crippen LogP) is 7.38. The lowest BCUT2D eigenvalue weighted by Gasteiger charge is -2.15. The third-order valence-corrected chi connectivity index (χ3v) is 8.31. The molecule has 0 aliphatic rings. The number of carbonyl (C=O) groups is 1. The number of nitrogens with one attached hydrogen (secondary N) is 2. The summed E-state index contributed by atoms with van der Waals surface area (Å²) in [6, 6.07) is 27.4. The molecule has 2 N–H and O–H groups in total. The number of hydrogen-bond acceptors (Lipinski definition) is 5. The third kappa shape index (κ3) is 9.76. The van der Waals surface area contributed by atoms with Crippen LogP contribution < -0.4 is 14.8 Å². The van der Waals surface area contributed by atoms with Crippen molar-refractivity contribution < 1.29 is 22.9 Å². The highest BCUT2D eigenvalue weighted by Gasteiger charge is 2.12. The summed E-state index contributed by atoms with van der Waals surface area (Å²) in [4.78, 5) is 12.4. The Kier molecular flexibility index (Phi) is 12.5. The third-order valence-electron chi connectivity index (χ3n) is 7.26. The van der Waals surface area contributed by atoms with Gasteiger partial charge in [0.1, 0.15) is 30.0 Å². The van der Waals surface area contributed by atoms with E-state index in [0.717, 1.165) is 44.8 Å². The van der Waals surface area contributed by atoms with Gasteiger partial charge in [0.2, 0.25) is 5.91 Å². The van der Waals surface area contributed by atoms with Gasteiger partial charge in [0.15, 0.2) is 0 Å². The summed E-state index contributed by atoms with van der Waals surface area (Å²) in [5.74, 6) is 0.772. The predicted molar refractivity (Wildman–Crippen MR) is 177 cm³/mol. The van der Waals surface area contributed by atoms with Crippen LogP contribution in [0, 0.1) is 13.8 Å². The van der Waals surface area contributed by atoms with Crippen molar-refractivity contribution in [3.63, 3.8) is 0 Å². The molecule has 0 fully saturated rings. The minimum atomic E-state index is -1.50. The van der Waals surface area contributed by atoms with Crippen molar-refractivity contribution in [2.45, 2.75) is 52.6 Å². The SMILES string of the molecule is CCOCCOc1cc(C)c(-c2cccc(CNc3ccc(CCC(=O)NS(=O)Cc4ccccc4)c(CF)c3)c2)c(C)c1. The molecule has 44 heavy (non-hydrogen) atoms. The lowest BCUT2D eigenvalue weighted by atomic mass is 9.94. The average Bonchev–Trinajstić information content (AvgIpc) is 3.01. The van der Waals surface area contributed by atoms with Crippen LogP contribution in [0.25, 0.3) is 11.1 Å². The minimum absolute atomic E-state index is 0.131. The van der Waals surface area contributed by atoms with Gasteiger partial charge in [-0.2, -0.15) is 0 Å². The van der Waals surface area contributed by atoms with Crippen LogP contribution in [0.5, 0.6) is 5.75 Å². The van der Waals surface area contributed by atoms with Gasteiger partial charge in [0, 0.05) is 25.3 Å². The molecule has 0 aliphatic heterocycles. The second-order valence-electron chi connectivity index (χ2n) is 10.6. The van der Waals surface area contributed by atoms with Crippen LogP contribution in [-0.4, -0.2) is 29.9 Å². The second-order valence-corrected chi connectivity index (χ2v) is 11.8. The first-order valence-electron chi connectivity index (χ1n) is 14.9. The first kappa shape index (κ1) is 32.9. The molecule has 0 radical (unpaired) electrons. The summed E-state index contributed by atoms with van der Waals surface area (Å²) in [5.41, 5.74) is 8.69. The van der Waals surface area contributed by atoms with E-state index in [-0.39, 0.29) is 18.1 Å². The van der Waals surface area contributed by atoms with Gasteiger partial charge < -0.3 is 14.8 Å². The van der Waals surface area contributed by atoms with Crippen LogP contribution in [0.4, 0.5) is 10.1 Å². The van der Waals surface area contributed by atoms with E-state index in [1.165, 1.54) is 5.56 Å². The molecule has 0 saturated heterocycles. The van der Waals surface area contributed by atoms with Crippen LogP contribution in [-0.2, 0) is 45.9 Å². The van der Waals surface area contributed by atoms with Crippen molar-refractivity contribution in [1.82, 2.24) is 4.72 Å². The van der Waals surface area contributed by atoms with E-state index in [2.05, 4.69) is 54.2 Å². The maximum absolute atomic E-state index is 14.0. The van der Waals surface area contributed by atoms with Crippen molar-refractivity contribution in [2.24, 2.45) is 0 Å². The molecule has 6 nitrogen and oxygen atoms in total. The molecule has 1 amide bonds. The van der Waals surface area contributed by atoms with Gasteiger partial charge in [0.05, 0.1) is 12.4 Å². The molecular weight excluding hydrogens is 575 g/mol. The van der Waals surface area contributed by atoms with Crippen LogP contribution >= 0.6 is 0 Å². The fourth-order valence-electron chi connectivity index (χ4n) is 5.16. The van der Waals surface area contributed by atoms with Crippen molar-refractivity contribution in [3.05, 3.63) is 118 Å². The Morgan fingerprint density at radius 1 is 0.864 bits per heavy atom. The number of amides is 1. The zero-order valence-corrected chi connectivity index (χ0v) is 26.5. The van der Waals surface area contributed by atoms with Gasteiger partial charge in [-0.15, -0.1) is 0 Å². The molecule has 0 heterocycles. The van der Waals surface area contributed by atoms with Crippen LogP contribution in [0.15, 0.2) is 84.9 Å². The van der Waals surface area contributed by atoms with Crippen molar-refractivity contribution in [2.75, 3.05) is 25.1 Å². The summed E-state index contributed by atoms with van der Waals surface area (Å²) >= 11 is 0. The zero-order chi connectivity index (χ0) is 31.3. The molecule has 1 atom stereocenters. The molecule has 0 bridgehead atoms. The van der Waals surface area contributed by atoms with Crippen LogP contribution in [0.2, 0.25) is 0 Å². The van der Waals surface area contributed by atoms with E-state index in [4.69, 9.17) is 9.47 Å². The highest BCUT2D eigenvalue weighted by Crippen LogP contribution is 2.32. The number of halogens is 1. The number of benzene rings is 4. The number of rotatable bonds is 16. The molecular formula is C36H41FN2O4S. The first-order chi connectivity index (χ1) is 21.4. The molecule has 0 spiro atoms. The van der Waals surface area contributed by atoms with Crippen LogP contribution in [0.1, 0.15) is 46.7 Å². The fourth-order valence-corrected chi connectivity index (χ4v) is 6.08. The summed E-state index contributed by atoms with van der Waals surface area (Å²) in [6.45, 7) is 7.86. The molecule has 4 rings (SSSR count). The van der Waals surface area contributed by atoms with Gasteiger partial charge >= 0.3 is 0 Å². The molecule has 232 valence electrons. The fraction of sp³-hybridized carbons (Fsp3) is 0.306. The zero-order valence-electron chi connectivity index (χ0n) is 25.7. The Morgan fingerprint density at radius 3 is 2.34 bits per heavy atom. The van der Waals surface area contributed by atoms with Crippen molar-refractivity contribution in [1.29, 1.82) is 0 Å². The quantitative estimate of drug-likeness (QED) is 0.129. The van der Waals surface area contributed by atoms with Gasteiger partial charge in [-0.3, -0.25) is 9.52 Å². The molecule has 0 aromatic heterocycles. The molecule has 0 saturated carbocycles. The standard InChI is InChI=1S/C36H41FN2O4S/c1-4-42-17-18-43-34-19-26(2)36(27(3)20-34)31-12-8-11-29(21-31)24-38-33-15-13-30(32(22-33)23-37)14-16-35(40)39-44(41)25-28-9-6-5-7-10-28/h5-13,15,19-22,38H,4,14,16-18,23-25H2,1-3H3,(H,39,40). The molecule has 0 aliphatic carbocycles. The topological polar surface area (TPSA) is 76.7 Å². The van der Waals surface area contributed by atoms with E-state index in [0.29, 0.717) is 38.3 Å². The first-order valence-corrected chi connectivity index (χ1v) is 16.2. The Balaban J connectivity index is 1.33. The summed E-state index contributed by atoms with van der Waals surface area (Å²) in [7, 11) is -1.50. The maximum atomic E-state index is 14.0. The van der Waals surface area contributed by atoms with Gasteiger partial charge in [-0.25, -0.2) is 8.60 Å². The monoisotopic (exact) mass is 616 g/mol. The lowest BCUT2D eigenvalue weighted by molar-refractivity contribution is -0.119. The Labute approximate surface area is 262 Å². The number of carbonyl (C=O) groups excluding carboxylic acids is 1. The number of alkyl halides is 1. The van der Waals surface area contributed by atoms with E-state index in [9.17, 15) is 13.4 Å². The number of ether oxygens (including phenoxy) is 2. The van der Waals surface area contributed by atoms with Gasteiger partial charge in [-0.05, 0) is 102 Å². The molecule has 4 aromatic carbocycles. The highest BCUT2D eigenvalue weighted by molar-refractivity contribution is 7.82. The largest absolute Gasteiger partial charge is 0.491 e.